The molecule has 0 saturated carbocycles. The van der Waals surface area contributed by atoms with Crippen LogP contribution in [0.4, 0.5) is 0 Å². The molecule has 0 radical (unpaired) electrons. The van der Waals surface area contributed by atoms with Crippen LogP contribution in [0.5, 0.6) is 0 Å². The van der Waals surface area contributed by atoms with E-state index in [4.69, 9.17) is 4.42 Å². The highest BCUT2D eigenvalue weighted by molar-refractivity contribution is 5.53. The molecule has 3 rings (SSSR count). The van der Waals surface area contributed by atoms with Crippen LogP contribution in [0.2, 0.25) is 0 Å². The summed E-state index contributed by atoms with van der Waals surface area (Å²) in [5.41, 5.74) is 4.77. The SMILES string of the molecule is CCc1ccc([C@@H](N[C@@H](C)c2nnc(-c3cccc(C)c3)o2)C(C)C)cc1. The van der Waals surface area contributed by atoms with Gasteiger partial charge in [-0.3, -0.25) is 5.32 Å². The third-order valence-corrected chi connectivity index (χ3v) is 4.92. The lowest BCUT2D eigenvalue weighted by Gasteiger charge is -2.25. The van der Waals surface area contributed by atoms with Crippen molar-refractivity contribution in [3.05, 3.63) is 71.1 Å². The smallest absolute Gasteiger partial charge is 0.247 e. The van der Waals surface area contributed by atoms with E-state index in [-0.39, 0.29) is 12.1 Å². The molecule has 0 unspecified atom stereocenters. The zero-order chi connectivity index (χ0) is 19.4. The van der Waals surface area contributed by atoms with Gasteiger partial charge in [-0.2, -0.15) is 0 Å². The number of hydrogen-bond donors (Lipinski definition) is 1. The summed E-state index contributed by atoms with van der Waals surface area (Å²) in [7, 11) is 0. The molecule has 142 valence electrons. The number of aryl methyl sites for hydroxylation is 2. The minimum absolute atomic E-state index is 0.0330. The van der Waals surface area contributed by atoms with E-state index >= 15 is 0 Å². The fourth-order valence-electron chi connectivity index (χ4n) is 3.28. The Kier molecular flexibility index (Phi) is 6.07. The predicted molar refractivity (Wildman–Crippen MR) is 109 cm³/mol. The molecule has 0 aliphatic rings. The Morgan fingerprint density at radius 2 is 1.74 bits per heavy atom. The molecule has 27 heavy (non-hydrogen) atoms. The minimum Gasteiger partial charge on any atom is -0.419 e. The Morgan fingerprint density at radius 3 is 2.37 bits per heavy atom. The predicted octanol–water partition coefficient (Wildman–Crippen LogP) is 5.66. The Bertz CT molecular complexity index is 867. The number of nitrogens with zero attached hydrogens (tertiary/aromatic N) is 2. The summed E-state index contributed by atoms with van der Waals surface area (Å²) in [6.45, 7) is 10.8. The Morgan fingerprint density at radius 1 is 1.00 bits per heavy atom. The van der Waals surface area contributed by atoms with Gasteiger partial charge in [0.25, 0.3) is 0 Å². The maximum Gasteiger partial charge on any atom is 0.247 e. The van der Waals surface area contributed by atoms with Crippen LogP contribution >= 0.6 is 0 Å². The van der Waals surface area contributed by atoms with Crippen LogP contribution in [-0.2, 0) is 6.42 Å². The number of hydrogen-bond acceptors (Lipinski definition) is 4. The molecule has 4 nitrogen and oxygen atoms in total. The number of rotatable bonds is 7. The first-order valence-electron chi connectivity index (χ1n) is 9.73. The molecule has 1 N–H and O–H groups in total. The van der Waals surface area contributed by atoms with Crippen molar-refractivity contribution in [2.45, 2.75) is 53.1 Å². The van der Waals surface area contributed by atoms with Crippen LogP contribution in [0.25, 0.3) is 11.5 Å². The lowest BCUT2D eigenvalue weighted by Crippen LogP contribution is -2.28. The summed E-state index contributed by atoms with van der Waals surface area (Å²) in [5.74, 6) is 1.62. The molecule has 2 aromatic carbocycles. The average Bonchev–Trinajstić information content (AvgIpc) is 3.16. The van der Waals surface area contributed by atoms with Gasteiger partial charge in [-0.1, -0.05) is 62.7 Å². The van der Waals surface area contributed by atoms with E-state index in [1.54, 1.807) is 0 Å². The lowest BCUT2D eigenvalue weighted by molar-refractivity contribution is 0.335. The van der Waals surface area contributed by atoms with Crippen LogP contribution in [-0.4, -0.2) is 10.2 Å². The summed E-state index contributed by atoms with van der Waals surface area (Å²) < 4.78 is 5.95. The van der Waals surface area contributed by atoms with Gasteiger partial charge in [0.15, 0.2) is 0 Å². The molecule has 3 aromatic rings. The van der Waals surface area contributed by atoms with E-state index in [0.717, 1.165) is 12.0 Å². The van der Waals surface area contributed by atoms with Gasteiger partial charge in [0.05, 0.1) is 6.04 Å². The van der Waals surface area contributed by atoms with Gasteiger partial charge in [0, 0.05) is 11.6 Å². The molecule has 4 heteroatoms. The second kappa shape index (κ2) is 8.49. The topological polar surface area (TPSA) is 51.0 Å². The van der Waals surface area contributed by atoms with Crippen LogP contribution < -0.4 is 5.32 Å². The summed E-state index contributed by atoms with van der Waals surface area (Å²) >= 11 is 0. The highest BCUT2D eigenvalue weighted by Gasteiger charge is 2.22. The van der Waals surface area contributed by atoms with Crippen molar-refractivity contribution < 1.29 is 4.42 Å². The van der Waals surface area contributed by atoms with Gasteiger partial charge < -0.3 is 4.42 Å². The Labute approximate surface area is 162 Å². The number of aromatic nitrogens is 2. The van der Waals surface area contributed by atoms with Gasteiger partial charge in [0.1, 0.15) is 0 Å². The van der Waals surface area contributed by atoms with Crippen LogP contribution in [0.1, 0.15) is 62.4 Å². The highest BCUT2D eigenvalue weighted by atomic mass is 16.4. The Balaban J connectivity index is 1.77. The molecular formula is C23H29N3O. The monoisotopic (exact) mass is 363 g/mol. The molecule has 0 fully saturated rings. The first-order valence-corrected chi connectivity index (χ1v) is 9.73. The van der Waals surface area contributed by atoms with E-state index in [1.807, 2.05) is 12.1 Å². The molecule has 0 bridgehead atoms. The van der Waals surface area contributed by atoms with Gasteiger partial charge in [-0.15, -0.1) is 10.2 Å². The first kappa shape index (κ1) is 19.3. The second-order valence-electron chi connectivity index (χ2n) is 7.52. The van der Waals surface area contributed by atoms with Gasteiger partial charge in [0.2, 0.25) is 11.8 Å². The minimum atomic E-state index is -0.0330. The molecule has 0 spiro atoms. The zero-order valence-corrected chi connectivity index (χ0v) is 16.9. The molecule has 0 aliphatic heterocycles. The summed E-state index contributed by atoms with van der Waals surface area (Å²) in [4.78, 5) is 0. The molecule has 1 heterocycles. The maximum absolute atomic E-state index is 5.95. The van der Waals surface area contributed by atoms with E-state index in [1.165, 1.54) is 16.7 Å². The fraction of sp³-hybridized carbons (Fsp3) is 0.391. The summed E-state index contributed by atoms with van der Waals surface area (Å²) in [6, 6.07) is 17.2. The maximum atomic E-state index is 5.95. The third-order valence-electron chi connectivity index (χ3n) is 4.92. The fourth-order valence-corrected chi connectivity index (χ4v) is 3.28. The van der Waals surface area contributed by atoms with Gasteiger partial charge >= 0.3 is 0 Å². The number of benzene rings is 2. The van der Waals surface area contributed by atoms with E-state index in [9.17, 15) is 0 Å². The second-order valence-corrected chi connectivity index (χ2v) is 7.52. The first-order chi connectivity index (χ1) is 13.0. The quantitative estimate of drug-likeness (QED) is 0.589. The Hall–Kier alpha value is -2.46. The van der Waals surface area contributed by atoms with Crippen molar-refractivity contribution in [2.75, 3.05) is 0 Å². The molecule has 0 amide bonds. The van der Waals surface area contributed by atoms with Crippen molar-refractivity contribution in [1.82, 2.24) is 15.5 Å². The summed E-state index contributed by atoms with van der Waals surface area (Å²) in [5, 5.41) is 12.2. The van der Waals surface area contributed by atoms with Crippen LogP contribution in [0.15, 0.2) is 52.9 Å². The molecule has 0 aliphatic carbocycles. The third kappa shape index (κ3) is 4.64. The van der Waals surface area contributed by atoms with Crippen LogP contribution in [0.3, 0.4) is 0 Å². The highest BCUT2D eigenvalue weighted by Crippen LogP contribution is 2.27. The van der Waals surface area contributed by atoms with E-state index < -0.39 is 0 Å². The largest absolute Gasteiger partial charge is 0.419 e. The van der Waals surface area contributed by atoms with Crippen molar-refractivity contribution in [1.29, 1.82) is 0 Å². The average molecular weight is 364 g/mol. The van der Waals surface area contributed by atoms with Crippen molar-refractivity contribution in [2.24, 2.45) is 5.92 Å². The van der Waals surface area contributed by atoms with Crippen molar-refractivity contribution >= 4 is 0 Å². The normalized spacial score (nSPS) is 13.7. The van der Waals surface area contributed by atoms with Crippen molar-refractivity contribution in [3.8, 4) is 11.5 Å². The lowest BCUT2D eigenvalue weighted by atomic mass is 9.94. The van der Waals surface area contributed by atoms with Gasteiger partial charge in [-0.25, -0.2) is 0 Å². The number of nitrogens with one attached hydrogen (secondary N) is 1. The van der Waals surface area contributed by atoms with Crippen LogP contribution in [0, 0.1) is 12.8 Å². The molecule has 1 aromatic heterocycles. The van der Waals surface area contributed by atoms with E-state index in [2.05, 4.69) is 86.5 Å². The van der Waals surface area contributed by atoms with Crippen molar-refractivity contribution in [3.63, 3.8) is 0 Å². The molecule has 2 atom stereocenters. The molecule has 0 saturated heterocycles. The summed E-state index contributed by atoms with van der Waals surface area (Å²) in [6.07, 6.45) is 1.06. The molecular weight excluding hydrogens is 334 g/mol. The standard InChI is InChI=1S/C23H29N3O/c1-6-18-10-12-19(13-11-18)21(15(2)3)24-17(5)22-25-26-23(27-22)20-9-7-8-16(4)14-20/h7-15,17,21,24H,6H2,1-5H3/t17-,21-/m0/s1. The van der Waals surface area contributed by atoms with E-state index in [0.29, 0.717) is 17.7 Å². The van der Waals surface area contributed by atoms with Gasteiger partial charge in [-0.05, 0) is 49.4 Å². The zero-order valence-electron chi connectivity index (χ0n) is 16.9.